The second-order valence-electron chi connectivity index (χ2n) is 4.55. The van der Waals surface area contributed by atoms with Crippen molar-refractivity contribution in [1.29, 1.82) is 0 Å². The van der Waals surface area contributed by atoms with Crippen LogP contribution >= 0.6 is 0 Å². The van der Waals surface area contributed by atoms with Crippen LogP contribution in [0.1, 0.15) is 5.56 Å². The third-order valence-electron chi connectivity index (χ3n) is 2.98. The molecule has 0 radical (unpaired) electrons. The molecule has 0 bridgehead atoms. The highest BCUT2D eigenvalue weighted by Crippen LogP contribution is 2.21. The number of hydrogen-bond donors (Lipinski definition) is 2. The van der Waals surface area contributed by atoms with Gasteiger partial charge in [-0.05, 0) is 30.3 Å². The molecular weight excluding hydrogens is 278 g/mol. The van der Waals surface area contributed by atoms with Crippen molar-refractivity contribution in [2.75, 3.05) is 25.1 Å². The quantitative estimate of drug-likeness (QED) is 0.736. The van der Waals surface area contributed by atoms with Crippen molar-refractivity contribution in [3.05, 3.63) is 54.1 Å². The zero-order valence-corrected chi connectivity index (χ0v) is 12.3. The highest BCUT2D eigenvalue weighted by atomic mass is 16.5. The van der Waals surface area contributed by atoms with E-state index in [1.165, 1.54) is 0 Å². The van der Waals surface area contributed by atoms with Gasteiger partial charge in [-0.25, -0.2) is 0 Å². The zero-order valence-electron chi connectivity index (χ0n) is 12.3. The van der Waals surface area contributed by atoms with E-state index in [4.69, 9.17) is 21.0 Å². The maximum Gasteiger partial charge on any atom is 0.148 e. The maximum atomic E-state index is 8.72. The second-order valence-corrected chi connectivity index (χ2v) is 4.55. The molecule has 0 heterocycles. The van der Waals surface area contributed by atoms with Crippen LogP contribution < -0.4 is 14.8 Å². The molecule has 2 aromatic carbocycles. The van der Waals surface area contributed by atoms with E-state index in [-0.39, 0.29) is 13.2 Å². The lowest BCUT2D eigenvalue weighted by Crippen LogP contribution is -2.04. The fourth-order valence-electron chi connectivity index (χ4n) is 1.94. The van der Waals surface area contributed by atoms with Crippen LogP contribution in [-0.2, 0) is 6.54 Å². The summed E-state index contributed by atoms with van der Waals surface area (Å²) < 4.78 is 10.8. The highest BCUT2D eigenvalue weighted by molar-refractivity contribution is 5.48. The van der Waals surface area contributed by atoms with Crippen LogP contribution in [0.4, 0.5) is 5.69 Å². The minimum atomic E-state index is 0.00838. The third kappa shape index (κ3) is 4.72. The Kier molecular flexibility index (Phi) is 6.16. The molecule has 22 heavy (non-hydrogen) atoms. The monoisotopic (exact) mass is 297 g/mol. The summed E-state index contributed by atoms with van der Waals surface area (Å²) in [6.45, 7) is 1.20. The van der Waals surface area contributed by atoms with Crippen molar-refractivity contribution in [2.45, 2.75) is 6.54 Å². The lowest BCUT2D eigenvalue weighted by molar-refractivity contribution is 0.201. The SMILES string of the molecule is C#CCOc1ccccc1CNc1ccc(OCCO)cc1. The van der Waals surface area contributed by atoms with Gasteiger partial charge in [-0.15, -0.1) is 6.42 Å². The van der Waals surface area contributed by atoms with E-state index < -0.39 is 0 Å². The van der Waals surface area contributed by atoms with Crippen molar-refractivity contribution in [3.8, 4) is 23.8 Å². The highest BCUT2D eigenvalue weighted by Gasteiger charge is 2.02. The summed E-state index contributed by atoms with van der Waals surface area (Å²) in [6.07, 6.45) is 5.22. The van der Waals surface area contributed by atoms with Crippen molar-refractivity contribution < 1.29 is 14.6 Å². The van der Waals surface area contributed by atoms with Crippen LogP contribution in [0.25, 0.3) is 0 Å². The molecule has 0 amide bonds. The van der Waals surface area contributed by atoms with Gasteiger partial charge in [-0.2, -0.15) is 0 Å². The largest absolute Gasteiger partial charge is 0.491 e. The van der Waals surface area contributed by atoms with E-state index in [9.17, 15) is 0 Å². The number of para-hydroxylation sites is 1. The summed E-state index contributed by atoms with van der Waals surface area (Å²) in [6, 6.07) is 15.4. The molecule has 0 saturated heterocycles. The molecule has 4 heteroatoms. The Morgan fingerprint density at radius 2 is 1.82 bits per heavy atom. The van der Waals surface area contributed by atoms with E-state index in [0.29, 0.717) is 13.2 Å². The van der Waals surface area contributed by atoms with Crippen LogP contribution in [0.2, 0.25) is 0 Å². The molecular formula is C18H19NO3. The number of terminal acetylenes is 1. The molecule has 2 N–H and O–H groups in total. The van der Waals surface area contributed by atoms with Gasteiger partial charge in [0.25, 0.3) is 0 Å². The van der Waals surface area contributed by atoms with Crippen LogP contribution in [0.3, 0.4) is 0 Å². The average molecular weight is 297 g/mol. The first-order valence-electron chi connectivity index (χ1n) is 7.05. The Hall–Kier alpha value is -2.64. The number of nitrogens with one attached hydrogen (secondary N) is 1. The van der Waals surface area contributed by atoms with Gasteiger partial charge in [0.2, 0.25) is 0 Å². The number of aliphatic hydroxyl groups is 1. The van der Waals surface area contributed by atoms with E-state index in [1.807, 2.05) is 48.5 Å². The Labute approximate surface area is 130 Å². The molecule has 0 spiro atoms. The van der Waals surface area contributed by atoms with Crippen molar-refractivity contribution in [1.82, 2.24) is 0 Å². The van der Waals surface area contributed by atoms with Crippen molar-refractivity contribution in [2.24, 2.45) is 0 Å². The first kappa shape index (κ1) is 15.7. The first-order valence-corrected chi connectivity index (χ1v) is 7.05. The molecule has 0 atom stereocenters. The number of benzene rings is 2. The van der Waals surface area contributed by atoms with Gasteiger partial charge < -0.3 is 19.9 Å². The fraction of sp³-hybridized carbons (Fsp3) is 0.222. The Morgan fingerprint density at radius 3 is 2.55 bits per heavy atom. The van der Waals surface area contributed by atoms with Crippen molar-refractivity contribution >= 4 is 5.69 Å². The van der Waals surface area contributed by atoms with Gasteiger partial charge in [0.1, 0.15) is 24.7 Å². The summed E-state index contributed by atoms with van der Waals surface area (Å²) >= 11 is 0. The molecule has 0 fully saturated rings. The first-order chi connectivity index (χ1) is 10.8. The van der Waals surface area contributed by atoms with E-state index in [0.717, 1.165) is 22.7 Å². The summed E-state index contributed by atoms with van der Waals surface area (Å²) in [5.74, 6) is 3.99. The zero-order chi connectivity index (χ0) is 15.6. The predicted molar refractivity (Wildman–Crippen MR) is 87.1 cm³/mol. The smallest absolute Gasteiger partial charge is 0.148 e. The molecule has 114 valence electrons. The van der Waals surface area contributed by atoms with Gasteiger partial charge >= 0.3 is 0 Å². The normalized spacial score (nSPS) is 9.82. The molecule has 0 saturated carbocycles. The molecule has 2 rings (SSSR count). The summed E-state index contributed by atoms with van der Waals surface area (Å²) in [4.78, 5) is 0. The molecule has 0 aliphatic heterocycles. The molecule has 0 aliphatic rings. The van der Waals surface area contributed by atoms with Gasteiger partial charge in [0.05, 0.1) is 6.61 Å². The summed E-state index contributed by atoms with van der Waals surface area (Å²) in [5, 5.41) is 12.0. The summed E-state index contributed by atoms with van der Waals surface area (Å²) in [5.41, 5.74) is 2.02. The van der Waals surface area contributed by atoms with E-state index in [1.54, 1.807) is 0 Å². The van der Waals surface area contributed by atoms with Crippen molar-refractivity contribution in [3.63, 3.8) is 0 Å². The molecule has 0 aliphatic carbocycles. The molecule has 0 unspecified atom stereocenters. The van der Waals surface area contributed by atoms with Crippen LogP contribution in [0.15, 0.2) is 48.5 Å². The van der Waals surface area contributed by atoms with E-state index >= 15 is 0 Å². The minimum Gasteiger partial charge on any atom is -0.491 e. The van der Waals surface area contributed by atoms with E-state index in [2.05, 4.69) is 11.2 Å². The van der Waals surface area contributed by atoms with Crippen LogP contribution in [0.5, 0.6) is 11.5 Å². The second kappa shape index (κ2) is 8.60. The Bertz CT molecular complexity index is 617. The number of aliphatic hydroxyl groups excluding tert-OH is 1. The molecule has 4 nitrogen and oxygen atoms in total. The number of hydrogen-bond acceptors (Lipinski definition) is 4. The fourth-order valence-corrected chi connectivity index (χ4v) is 1.94. The minimum absolute atomic E-state index is 0.00838. The van der Waals surface area contributed by atoms with Gasteiger partial charge in [-0.3, -0.25) is 0 Å². The lowest BCUT2D eigenvalue weighted by Gasteiger charge is -2.12. The Morgan fingerprint density at radius 1 is 1.05 bits per heavy atom. The van der Waals surface area contributed by atoms with Crippen LogP contribution in [0, 0.1) is 12.3 Å². The third-order valence-corrected chi connectivity index (χ3v) is 2.98. The number of rotatable bonds is 8. The van der Waals surface area contributed by atoms with Crippen LogP contribution in [-0.4, -0.2) is 24.9 Å². The molecule has 0 aromatic heterocycles. The summed E-state index contributed by atoms with van der Waals surface area (Å²) in [7, 11) is 0. The Balaban J connectivity index is 1.94. The van der Waals surface area contributed by atoms with Gasteiger partial charge in [0.15, 0.2) is 0 Å². The number of ether oxygens (including phenoxy) is 2. The molecule has 2 aromatic rings. The maximum absolute atomic E-state index is 8.72. The van der Waals surface area contributed by atoms with Gasteiger partial charge in [-0.1, -0.05) is 24.1 Å². The average Bonchev–Trinajstić information content (AvgIpc) is 2.58. The van der Waals surface area contributed by atoms with Gasteiger partial charge in [0, 0.05) is 17.8 Å². The standard InChI is InChI=1S/C18H19NO3/c1-2-12-22-18-6-4-3-5-15(18)14-19-16-7-9-17(10-8-16)21-13-11-20/h1,3-10,19-20H,11-14H2. The topological polar surface area (TPSA) is 50.7 Å². The lowest BCUT2D eigenvalue weighted by atomic mass is 10.2. The predicted octanol–water partition coefficient (Wildman–Crippen LogP) is 2.68. The number of anilines is 1.